The number of aromatic nitrogens is 2. The molecule has 0 aliphatic rings. The van der Waals surface area contributed by atoms with Crippen LogP contribution in [0.4, 0.5) is 0 Å². The van der Waals surface area contributed by atoms with E-state index in [-0.39, 0.29) is 12.5 Å². The zero-order valence-electron chi connectivity index (χ0n) is 10.4. The van der Waals surface area contributed by atoms with Gasteiger partial charge in [-0.15, -0.1) is 0 Å². The van der Waals surface area contributed by atoms with Crippen LogP contribution in [-0.2, 0) is 6.42 Å². The molecule has 0 saturated carbocycles. The molecule has 0 atom stereocenters. The molecule has 0 aromatic carbocycles. The molecule has 5 heteroatoms. The lowest BCUT2D eigenvalue weighted by atomic mass is 10.2. The summed E-state index contributed by atoms with van der Waals surface area (Å²) in [6.45, 7) is 0.155. The van der Waals surface area contributed by atoms with Crippen molar-refractivity contribution in [3.05, 3.63) is 60.2 Å². The van der Waals surface area contributed by atoms with Crippen molar-refractivity contribution in [2.45, 2.75) is 12.8 Å². The topological polar surface area (TPSA) is 72.4 Å². The Bertz CT molecular complexity index is 556. The Morgan fingerprint density at radius 3 is 2.84 bits per heavy atom. The first-order chi connectivity index (χ1) is 9.29. The van der Waals surface area contributed by atoms with Crippen LogP contribution in [0.1, 0.15) is 17.5 Å². The van der Waals surface area contributed by atoms with E-state index in [1.54, 1.807) is 36.9 Å². The van der Waals surface area contributed by atoms with Crippen molar-refractivity contribution in [2.24, 2.45) is 5.10 Å². The van der Waals surface area contributed by atoms with Crippen molar-refractivity contribution in [3.8, 4) is 0 Å². The number of pyridine rings is 2. The normalized spacial score (nSPS) is 11.5. The van der Waals surface area contributed by atoms with Crippen molar-refractivity contribution >= 4 is 5.90 Å². The van der Waals surface area contributed by atoms with Gasteiger partial charge in [0.25, 0.3) is 0 Å². The number of rotatable bonds is 5. The van der Waals surface area contributed by atoms with Gasteiger partial charge >= 0.3 is 0 Å². The Labute approximate surface area is 111 Å². The molecule has 2 aromatic heterocycles. The Hall–Kier alpha value is -2.27. The fraction of sp³-hybridized carbons (Fsp3) is 0.214. The standard InChI is InChI=1S/C14H15N3O2/c18-10-2-4-12-3-1-9-17(11-12)16-14(19)13-5-7-15-8-6-13/h1,3,5-9,11,18H,2,4,10H2. The van der Waals surface area contributed by atoms with E-state index in [9.17, 15) is 5.11 Å². The fourth-order valence-electron chi connectivity index (χ4n) is 1.66. The Morgan fingerprint density at radius 2 is 2.11 bits per heavy atom. The summed E-state index contributed by atoms with van der Waals surface area (Å²) in [5, 5.41) is 24.7. The minimum atomic E-state index is -0.313. The number of aliphatic hydroxyl groups is 1. The van der Waals surface area contributed by atoms with Gasteiger partial charge in [0.2, 0.25) is 12.4 Å². The van der Waals surface area contributed by atoms with Crippen molar-refractivity contribution in [1.29, 1.82) is 0 Å². The molecule has 0 fully saturated rings. The number of aryl methyl sites for hydroxylation is 1. The van der Waals surface area contributed by atoms with Gasteiger partial charge in [-0.3, -0.25) is 4.98 Å². The summed E-state index contributed by atoms with van der Waals surface area (Å²) in [6.07, 6.45) is 8.07. The first kappa shape index (κ1) is 13.2. The smallest absolute Gasteiger partial charge is 0.205 e. The maximum Gasteiger partial charge on any atom is 0.205 e. The molecule has 0 aliphatic carbocycles. The van der Waals surface area contributed by atoms with Gasteiger partial charge in [-0.2, -0.15) is 0 Å². The minimum Gasteiger partial charge on any atom is -0.854 e. The molecule has 1 N–H and O–H groups in total. The molecule has 19 heavy (non-hydrogen) atoms. The largest absolute Gasteiger partial charge is 0.854 e. The van der Waals surface area contributed by atoms with Gasteiger partial charge < -0.3 is 10.2 Å². The second kappa shape index (κ2) is 6.61. The number of hydrogen-bond acceptors (Lipinski definition) is 4. The van der Waals surface area contributed by atoms with Crippen LogP contribution in [0.2, 0.25) is 0 Å². The van der Waals surface area contributed by atoms with Gasteiger partial charge in [-0.25, -0.2) is 0 Å². The van der Waals surface area contributed by atoms with Crippen LogP contribution in [0.3, 0.4) is 0 Å². The molecular weight excluding hydrogens is 242 g/mol. The Morgan fingerprint density at radius 1 is 1.32 bits per heavy atom. The maximum atomic E-state index is 11.9. The van der Waals surface area contributed by atoms with Crippen LogP contribution in [-0.4, -0.2) is 22.6 Å². The predicted octanol–water partition coefficient (Wildman–Crippen LogP) is -0.136. The summed E-state index contributed by atoms with van der Waals surface area (Å²) in [5.41, 5.74) is 1.53. The lowest BCUT2D eigenvalue weighted by molar-refractivity contribution is -0.681. The van der Waals surface area contributed by atoms with Crippen molar-refractivity contribution in [1.82, 2.24) is 4.98 Å². The molecule has 2 aromatic rings. The number of nitrogens with zero attached hydrogens (tertiary/aromatic N) is 3. The van der Waals surface area contributed by atoms with E-state index >= 15 is 0 Å². The summed E-state index contributed by atoms with van der Waals surface area (Å²) < 4.78 is 1.50. The monoisotopic (exact) mass is 257 g/mol. The molecule has 0 radical (unpaired) electrons. The number of aliphatic hydroxyl groups excluding tert-OH is 1. The summed E-state index contributed by atoms with van der Waals surface area (Å²) in [5.74, 6) is -0.313. The predicted molar refractivity (Wildman–Crippen MR) is 68.2 cm³/mol. The van der Waals surface area contributed by atoms with E-state index in [1.807, 2.05) is 12.1 Å². The van der Waals surface area contributed by atoms with Crippen LogP contribution in [0.15, 0.2) is 54.2 Å². The fourth-order valence-corrected chi connectivity index (χ4v) is 1.66. The molecular formula is C14H15N3O2. The molecule has 0 bridgehead atoms. The van der Waals surface area contributed by atoms with Gasteiger partial charge in [0.05, 0.1) is 5.90 Å². The van der Waals surface area contributed by atoms with Gasteiger partial charge in [-0.05, 0) is 41.7 Å². The lowest BCUT2D eigenvalue weighted by Crippen LogP contribution is -2.33. The van der Waals surface area contributed by atoms with Crippen molar-refractivity contribution in [3.63, 3.8) is 0 Å². The van der Waals surface area contributed by atoms with E-state index in [4.69, 9.17) is 5.11 Å². The van der Waals surface area contributed by atoms with Gasteiger partial charge in [0.15, 0.2) is 0 Å². The van der Waals surface area contributed by atoms with Crippen LogP contribution < -0.4 is 9.78 Å². The molecule has 2 rings (SSSR count). The SMILES string of the molecule is [O-]/C(=N\[n+]1cccc(CCCO)c1)c1ccncc1. The molecule has 0 unspecified atom stereocenters. The van der Waals surface area contributed by atoms with E-state index in [0.717, 1.165) is 12.0 Å². The third kappa shape index (κ3) is 3.86. The van der Waals surface area contributed by atoms with Crippen LogP contribution in [0, 0.1) is 0 Å². The summed E-state index contributed by atoms with van der Waals surface area (Å²) in [7, 11) is 0. The Balaban J connectivity index is 2.18. The molecule has 5 nitrogen and oxygen atoms in total. The summed E-state index contributed by atoms with van der Waals surface area (Å²) in [4.78, 5) is 3.86. The van der Waals surface area contributed by atoms with Crippen LogP contribution in [0.25, 0.3) is 0 Å². The average molecular weight is 257 g/mol. The zero-order chi connectivity index (χ0) is 13.5. The highest BCUT2D eigenvalue weighted by Gasteiger charge is 2.02. The summed E-state index contributed by atoms with van der Waals surface area (Å²) in [6, 6.07) is 7.03. The van der Waals surface area contributed by atoms with Crippen LogP contribution in [0.5, 0.6) is 0 Å². The quantitative estimate of drug-likeness (QED) is 0.460. The first-order valence-electron chi connectivity index (χ1n) is 6.07. The summed E-state index contributed by atoms with van der Waals surface area (Å²) >= 11 is 0. The van der Waals surface area contributed by atoms with E-state index in [1.165, 1.54) is 4.68 Å². The average Bonchev–Trinajstić information content (AvgIpc) is 2.46. The molecule has 0 aliphatic heterocycles. The minimum absolute atomic E-state index is 0.155. The van der Waals surface area contributed by atoms with E-state index < -0.39 is 0 Å². The Kier molecular flexibility index (Phi) is 4.58. The second-order valence-corrected chi connectivity index (χ2v) is 4.06. The van der Waals surface area contributed by atoms with Crippen molar-refractivity contribution < 1.29 is 14.9 Å². The highest BCUT2D eigenvalue weighted by atomic mass is 16.3. The van der Waals surface area contributed by atoms with Gasteiger partial charge in [-0.1, -0.05) is 4.68 Å². The molecule has 98 valence electrons. The molecule has 0 amide bonds. The molecule has 2 heterocycles. The van der Waals surface area contributed by atoms with E-state index in [0.29, 0.717) is 12.0 Å². The molecule has 0 spiro atoms. The maximum absolute atomic E-state index is 11.9. The zero-order valence-corrected chi connectivity index (χ0v) is 10.4. The molecule has 0 saturated heterocycles. The first-order valence-corrected chi connectivity index (χ1v) is 6.07. The number of hydrogen-bond donors (Lipinski definition) is 1. The highest BCUT2D eigenvalue weighted by molar-refractivity contribution is 5.89. The van der Waals surface area contributed by atoms with Gasteiger partial charge in [0, 0.05) is 30.6 Å². The highest BCUT2D eigenvalue weighted by Crippen LogP contribution is 1.99. The lowest BCUT2D eigenvalue weighted by Gasteiger charge is -2.05. The van der Waals surface area contributed by atoms with E-state index in [2.05, 4.69) is 10.1 Å². The van der Waals surface area contributed by atoms with Crippen LogP contribution >= 0.6 is 0 Å². The third-order valence-corrected chi connectivity index (χ3v) is 2.60. The second-order valence-electron chi connectivity index (χ2n) is 4.06. The third-order valence-electron chi connectivity index (χ3n) is 2.60. The van der Waals surface area contributed by atoms with Crippen molar-refractivity contribution in [2.75, 3.05) is 6.61 Å². The van der Waals surface area contributed by atoms with Gasteiger partial charge in [0.1, 0.15) is 0 Å².